The van der Waals surface area contributed by atoms with Gasteiger partial charge < -0.3 is 14.6 Å². The zero-order valence-electron chi connectivity index (χ0n) is 16.4. The van der Waals surface area contributed by atoms with Crippen molar-refractivity contribution in [1.82, 2.24) is 9.88 Å². The quantitative estimate of drug-likeness (QED) is 0.757. The summed E-state index contributed by atoms with van der Waals surface area (Å²) in [6.45, 7) is 8.60. The maximum Gasteiger partial charge on any atom is 0.290 e. The van der Waals surface area contributed by atoms with Gasteiger partial charge >= 0.3 is 0 Å². The Bertz CT molecular complexity index is 1010. The summed E-state index contributed by atoms with van der Waals surface area (Å²) >= 11 is 0. The summed E-state index contributed by atoms with van der Waals surface area (Å²) in [5.74, 6) is 0.160. The molecule has 1 aliphatic heterocycles. The molecule has 0 radical (unpaired) electrons. The summed E-state index contributed by atoms with van der Waals surface area (Å²) < 4.78 is 19.3. The van der Waals surface area contributed by atoms with Crippen LogP contribution in [0.15, 0.2) is 40.8 Å². The zero-order chi connectivity index (χ0) is 19.8. The molecule has 0 unspecified atom stereocenters. The summed E-state index contributed by atoms with van der Waals surface area (Å²) in [7, 11) is 0. The highest BCUT2D eigenvalue weighted by Crippen LogP contribution is 2.32. The summed E-state index contributed by atoms with van der Waals surface area (Å²) in [6, 6.07) is 10.4. The van der Waals surface area contributed by atoms with Gasteiger partial charge in [0.25, 0.3) is 5.91 Å². The van der Waals surface area contributed by atoms with Crippen molar-refractivity contribution in [2.24, 2.45) is 0 Å². The Morgan fingerprint density at radius 1 is 1.29 bits per heavy atom. The molecule has 0 saturated carbocycles. The number of piperazine rings is 1. The van der Waals surface area contributed by atoms with Crippen LogP contribution in [-0.4, -0.2) is 41.5 Å². The number of quaternary nitrogens is 1. The van der Waals surface area contributed by atoms with E-state index in [0.29, 0.717) is 36.0 Å². The molecule has 6 heteroatoms. The van der Waals surface area contributed by atoms with Crippen LogP contribution in [0.3, 0.4) is 0 Å². The first-order valence-corrected chi connectivity index (χ1v) is 9.75. The molecule has 4 rings (SSSR count). The van der Waals surface area contributed by atoms with Gasteiger partial charge in [0.05, 0.1) is 25.3 Å². The second-order valence-corrected chi connectivity index (χ2v) is 7.84. The highest BCUT2D eigenvalue weighted by molar-refractivity contribution is 5.96. The average Bonchev–Trinajstić information content (AvgIpc) is 3.11. The summed E-state index contributed by atoms with van der Waals surface area (Å²) in [6.07, 6.45) is 0. The van der Waals surface area contributed by atoms with Gasteiger partial charge in [0.2, 0.25) is 0 Å². The van der Waals surface area contributed by atoms with Gasteiger partial charge in [-0.25, -0.2) is 9.37 Å². The molecule has 1 aliphatic rings. The highest BCUT2D eigenvalue weighted by Gasteiger charge is 2.27. The van der Waals surface area contributed by atoms with E-state index in [2.05, 4.69) is 31.1 Å². The molecule has 3 heterocycles. The Labute approximate surface area is 163 Å². The molecule has 28 heavy (non-hydrogen) atoms. The Balaban J connectivity index is 1.76. The maximum absolute atomic E-state index is 13.3. The Morgan fingerprint density at radius 2 is 2.04 bits per heavy atom. The number of furan rings is 1. The van der Waals surface area contributed by atoms with Crippen molar-refractivity contribution in [2.45, 2.75) is 32.7 Å². The van der Waals surface area contributed by atoms with E-state index in [1.165, 1.54) is 12.1 Å². The van der Waals surface area contributed by atoms with Crippen molar-refractivity contribution in [3.8, 4) is 11.3 Å². The lowest BCUT2D eigenvalue weighted by Crippen LogP contribution is -2.94. The third-order valence-corrected chi connectivity index (χ3v) is 5.24. The lowest BCUT2D eigenvalue weighted by Gasteiger charge is -2.28. The number of nitrogens with two attached hydrogens (primary N) is 1. The van der Waals surface area contributed by atoms with Crippen LogP contribution in [0.1, 0.15) is 42.8 Å². The van der Waals surface area contributed by atoms with Crippen LogP contribution in [0.2, 0.25) is 0 Å². The lowest BCUT2D eigenvalue weighted by atomic mass is 10.00. The van der Waals surface area contributed by atoms with Crippen LogP contribution in [-0.2, 0) is 0 Å². The number of pyridine rings is 1. The number of halogens is 1. The van der Waals surface area contributed by atoms with E-state index in [-0.39, 0.29) is 17.6 Å². The average molecular weight is 382 g/mol. The number of rotatable bonds is 3. The molecule has 1 atom stereocenters. The number of nitrogens with zero attached hydrogens (tertiary/aromatic N) is 2. The molecule has 0 spiro atoms. The van der Waals surface area contributed by atoms with Crippen LogP contribution in [0.25, 0.3) is 22.4 Å². The van der Waals surface area contributed by atoms with Crippen molar-refractivity contribution >= 4 is 17.0 Å². The summed E-state index contributed by atoms with van der Waals surface area (Å²) in [5, 5.41) is 2.25. The number of hydrogen-bond acceptors (Lipinski definition) is 3. The molecule has 3 aromatic rings. The normalized spacial score (nSPS) is 17.5. The van der Waals surface area contributed by atoms with Crippen molar-refractivity contribution in [3.63, 3.8) is 0 Å². The van der Waals surface area contributed by atoms with Crippen LogP contribution >= 0.6 is 0 Å². The minimum absolute atomic E-state index is 0.0870. The van der Waals surface area contributed by atoms with Gasteiger partial charge in [0.15, 0.2) is 11.3 Å². The number of carbonyl (C=O) groups excluding carboxylic acids is 1. The van der Waals surface area contributed by atoms with E-state index in [9.17, 15) is 9.18 Å². The number of hydrogen-bond donors (Lipinski definition) is 1. The van der Waals surface area contributed by atoms with Crippen LogP contribution in [0, 0.1) is 5.82 Å². The van der Waals surface area contributed by atoms with Gasteiger partial charge in [-0.15, -0.1) is 0 Å². The molecule has 2 N–H and O–H groups in total. The second kappa shape index (κ2) is 7.36. The van der Waals surface area contributed by atoms with E-state index >= 15 is 0 Å². The fourth-order valence-corrected chi connectivity index (χ4v) is 3.72. The molecule has 1 amide bonds. The number of benzene rings is 1. The first kappa shape index (κ1) is 18.6. The van der Waals surface area contributed by atoms with E-state index < -0.39 is 0 Å². The van der Waals surface area contributed by atoms with E-state index in [4.69, 9.17) is 4.42 Å². The minimum Gasteiger partial charge on any atom is -0.449 e. The third kappa shape index (κ3) is 3.52. The van der Waals surface area contributed by atoms with Gasteiger partial charge in [-0.2, -0.15) is 0 Å². The first-order chi connectivity index (χ1) is 13.4. The number of fused-ring (bicyclic) bond motifs is 1. The standard InChI is InChI=1S/C22H24FN3O2/c1-13(2)17-10-18(15-4-6-16(23)7-5-15)25-19-11-20(28-21(17)19)22(27)26-9-8-24-14(3)12-26/h4-7,10-11,13-14,24H,8-9,12H2,1-3H3/p+1/t14-/m0/s1. The van der Waals surface area contributed by atoms with Gasteiger partial charge in [0, 0.05) is 17.2 Å². The fraction of sp³-hybridized carbons (Fsp3) is 0.364. The molecule has 5 nitrogen and oxygen atoms in total. The molecule has 0 aliphatic carbocycles. The molecule has 1 fully saturated rings. The monoisotopic (exact) mass is 382 g/mol. The predicted octanol–water partition coefficient (Wildman–Crippen LogP) is 3.17. The fourth-order valence-electron chi connectivity index (χ4n) is 3.72. The third-order valence-electron chi connectivity index (χ3n) is 5.24. The highest BCUT2D eigenvalue weighted by atomic mass is 19.1. The van der Waals surface area contributed by atoms with Crippen LogP contribution in [0.5, 0.6) is 0 Å². The largest absolute Gasteiger partial charge is 0.449 e. The van der Waals surface area contributed by atoms with Crippen molar-refractivity contribution < 1.29 is 18.9 Å². The maximum atomic E-state index is 13.3. The van der Waals surface area contributed by atoms with Gasteiger partial charge in [-0.1, -0.05) is 13.8 Å². The smallest absolute Gasteiger partial charge is 0.290 e. The van der Waals surface area contributed by atoms with E-state index in [0.717, 1.165) is 23.4 Å². The zero-order valence-corrected chi connectivity index (χ0v) is 16.4. The van der Waals surface area contributed by atoms with Crippen molar-refractivity contribution in [3.05, 3.63) is 53.5 Å². The van der Waals surface area contributed by atoms with Gasteiger partial charge in [-0.3, -0.25) is 4.79 Å². The number of amides is 1. The Kier molecular flexibility index (Phi) is 4.89. The topological polar surface area (TPSA) is 63.0 Å². The minimum atomic E-state index is -0.280. The molecular formula is C22H25FN3O2+. The van der Waals surface area contributed by atoms with E-state index in [1.54, 1.807) is 18.2 Å². The van der Waals surface area contributed by atoms with Gasteiger partial charge in [-0.05, 0) is 43.2 Å². The number of aromatic nitrogens is 1. The van der Waals surface area contributed by atoms with Crippen molar-refractivity contribution in [2.75, 3.05) is 19.6 Å². The van der Waals surface area contributed by atoms with Crippen molar-refractivity contribution in [1.29, 1.82) is 0 Å². The number of carbonyl (C=O) groups is 1. The van der Waals surface area contributed by atoms with Crippen LogP contribution in [0.4, 0.5) is 4.39 Å². The molecule has 2 aromatic heterocycles. The Hall–Kier alpha value is -2.73. The lowest BCUT2D eigenvalue weighted by molar-refractivity contribution is -0.693. The van der Waals surface area contributed by atoms with Gasteiger partial charge in [0.1, 0.15) is 17.4 Å². The molecule has 0 bridgehead atoms. The Morgan fingerprint density at radius 3 is 2.71 bits per heavy atom. The molecule has 1 saturated heterocycles. The molecular weight excluding hydrogens is 357 g/mol. The second-order valence-electron chi connectivity index (χ2n) is 7.84. The van der Waals surface area contributed by atoms with Crippen LogP contribution < -0.4 is 5.32 Å². The SMILES string of the molecule is CC(C)c1cc(-c2ccc(F)cc2)nc2cc(C(=O)N3CC[NH2+][C@@H](C)C3)oc12. The summed E-state index contributed by atoms with van der Waals surface area (Å²) in [4.78, 5) is 19.5. The predicted molar refractivity (Wildman–Crippen MR) is 106 cm³/mol. The van der Waals surface area contributed by atoms with E-state index in [1.807, 2.05) is 11.0 Å². The molecule has 146 valence electrons. The summed E-state index contributed by atoms with van der Waals surface area (Å²) in [5.41, 5.74) is 3.88. The first-order valence-electron chi connectivity index (χ1n) is 9.75. The molecule has 1 aromatic carbocycles.